The van der Waals surface area contributed by atoms with Crippen LogP contribution in [0, 0.1) is 6.92 Å². The number of nitrogens with zero attached hydrogens (tertiary/aromatic N) is 2. The first kappa shape index (κ1) is 12.2. The number of aryl methyl sites for hydroxylation is 1. The van der Waals surface area contributed by atoms with E-state index < -0.39 is 5.97 Å². The van der Waals surface area contributed by atoms with Gasteiger partial charge in [-0.3, -0.25) is 0 Å². The van der Waals surface area contributed by atoms with Gasteiger partial charge in [-0.1, -0.05) is 0 Å². The van der Waals surface area contributed by atoms with Crippen molar-refractivity contribution in [3.05, 3.63) is 41.7 Å². The largest absolute Gasteiger partial charge is 0.462 e. The molecular weight excluding hydrogens is 230 g/mol. The van der Waals surface area contributed by atoms with E-state index in [0.717, 1.165) is 11.4 Å². The zero-order valence-corrected chi connectivity index (χ0v) is 10.4. The van der Waals surface area contributed by atoms with E-state index in [1.807, 2.05) is 25.3 Å². The summed E-state index contributed by atoms with van der Waals surface area (Å²) in [5, 5.41) is 4.28. The molecule has 2 aromatic rings. The highest BCUT2D eigenvalue weighted by Gasteiger charge is 2.12. The normalized spacial score (nSPS) is 10.3. The summed E-state index contributed by atoms with van der Waals surface area (Å²) in [6, 6.07) is 7.06. The molecule has 0 atom stereocenters. The smallest absolute Gasteiger partial charge is 0.340 e. The van der Waals surface area contributed by atoms with Crippen molar-refractivity contribution in [2.24, 2.45) is 0 Å². The topological polar surface area (TPSA) is 70.1 Å². The van der Waals surface area contributed by atoms with Crippen LogP contribution in [0.25, 0.3) is 5.69 Å². The van der Waals surface area contributed by atoms with Crippen molar-refractivity contribution >= 4 is 11.7 Å². The van der Waals surface area contributed by atoms with Crippen molar-refractivity contribution in [2.75, 3.05) is 12.3 Å². The van der Waals surface area contributed by atoms with Crippen LogP contribution in [0.4, 0.5) is 5.69 Å². The molecule has 0 radical (unpaired) electrons. The van der Waals surface area contributed by atoms with E-state index in [-0.39, 0.29) is 0 Å². The molecule has 0 saturated heterocycles. The Morgan fingerprint density at radius 1 is 1.44 bits per heavy atom. The third-order valence-electron chi connectivity index (χ3n) is 2.52. The van der Waals surface area contributed by atoms with Crippen LogP contribution in [-0.2, 0) is 4.74 Å². The van der Waals surface area contributed by atoms with E-state index in [0.29, 0.717) is 17.9 Å². The predicted molar refractivity (Wildman–Crippen MR) is 68.7 cm³/mol. The quantitative estimate of drug-likeness (QED) is 0.662. The van der Waals surface area contributed by atoms with Gasteiger partial charge in [0.1, 0.15) is 0 Å². The monoisotopic (exact) mass is 245 g/mol. The summed E-state index contributed by atoms with van der Waals surface area (Å²) in [7, 11) is 0. The van der Waals surface area contributed by atoms with E-state index in [1.165, 1.54) is 0 Å². The Kier molecular flexibility index (Phi) is 3.32. The predicted octanol–water partition coefficient (Wildman–Crippen LogP) is 1.94. The lowest BCUT2D eigenvalue weighted by atomic mass is 10.1. The maximum absolute atomic E-state index is 11.7. The molecule has 0 unspecified atom stereocenters. The van der Waals surface area contributed by atoms with Gasteiger partial charge in [-0.25, -0.2) is 9.48 Å². The number of anilines is 1. The van der Waals surface area contributed by atoms with Gasteiger partial charge in [0.15, 0.2) is 0 Å². The van der Waals surface area contributed by atoms with Gasteiger partial charge in [-0.05, 0) is 38.1 Å². The van der Waals surface area contributed by atoms with Gasteiger partial charge in [0.05, 0.1) is 23.6 Å². The van der Waals surface area contributed by atoms with Gasteiger partial charge < -0.3 is 10.5 Å². The number of carbonyl (C=O) groups excluding carboxylic acids is 1. The average molecular weight is 245 g/mol. The molecule has 2 N–H and O–H groups in total. The summed E-state index contributed by atoms with van der Waals surface area (Å²) in [6.07, 6.45) is 1.83. The summed E-state index contributed by atoms with van der Waals surface area (Å²) < 4.78 is 6.65. The van der Waals surface area contributed by atoms with Gasteiger partial charge in [0, 0.05) is 11.9 Å². The van der Waals surface area contributed by atoms with Crippen LogP contribution in [0.3, 0.4) is 0 Å². The second-order valence-corrected chi connectivity index (χ2v) is 3.89. The molecule has 18 heavy (non-hydrogen) atoms. The van der Waals surface area contributed by atoms with Crippen LogP contribution in [-0.4, -0.2) is 22.4 Å². The summed E-state index contributed by atoms with van der Waals surface area (Å²) >= 11 is 0. The number of benzene rings is 1. The zero-order chi connectivity index (χ0) is 13.1. The molecule has 1 heterocycles. The van der Waals surface area contributed by atoms with E-state index in [2.05, 4.69) is 5.10 Å². The highest BCUT2D eigenvalue weighted by molar-refractivity contribution is 5.95. The first-order valence-electron chi connectivity index (χ1n) is 5.71. The molecule has 0 bridgehead atoms. The van der Waals surface area contributed by atoms with Crippen LogP contribution in [0.2, 0.25) is 0 Å². The van der Waals surface area contributed by atoms with Crippen LogP contribution in [0.15, 0.2) is 30.5 Å². The lowest BCUT2D eigenvalue weighted by Crippen LogP contribution is -2.09. The molecule has 2 rings (SSSR count). The van der Waals surface area contributed by atoms with Crippen LogP contribution in [0.1, 0.15) is 23.0 Å². The first-order valence-corrected chi connectivity index (χ1v) is 5.71. The number of ether oxygens (including phenoxy) is 1. The third-order valence-corrected chi connectivity index (χ3v) is 2.52. The highest BCUT2D eigenvalue weighted by Crippen LogP contribution is 2.18. The number of carbonyl (C=O) groups is 1. The number of nitrogens with two attached hydrogens (primary N) is 1. The van der Waals surface area contributed by atoms with Crippen molar-refractivity contribution in [3.8, 4) is 5.69 Å². The van der Waals surface area contributed by atoms with E-state index in [9.17, 15) is 4.79 Å². The second-order valence-electron chi connectivity index (χ2n) is 3.89. The SMILES string of the molecule is CCOC(=O)c1cc(-n2ccc(C)n2)ccc1N. The Morgan fingerprint density at radius 3 is 2.83 bits per heavy atom. The molecular formula is C13H15N3O2. The highest BCUT2D eigenvalue weighted by atomic mass is 16.5. The first-order chi connectivity index (χ1) is 8.61. The number of rotatable bonds is 3. The Hall–Kier alpha value is -2.30. The minimum absolute atomic E-state index is 0.323. The summed E-state index contributed by atoms with van der Waals surface area (Å²) in [6.45, 7) is 3.98. The number of hydrogen-bond donors (Lipinski definition) is 1. The Balaban J connectivity index is 2.40. The van der Waals surface area contributed by atoms with Crippen LogP contribution in [0.5, 0.6) is 0 Å². The van der Waals surface area contributed by atoms with Crippen LogP contribution >= 0.6 is 0 Å². The molecule has 0 saturated carbocycles. The minimum atomic E-state index is -0.416. The number of nitrogen functional groups attached to an aromatic ring is 1. The molecule has 0 spiro atoms. The zero-order valence-electron chi connectivity index (χ0n) is 10.4. The van der Waals surface area contributed by atoms with Gasteiger partial charge in [0.2, 0.25) is 0 Å². The molecule has 5 heteroatoms. The van der Waals surface area contributed by atoms with Gasteiger partial charge >= 0.3 is 5.97 Å². The maximum Gasteiger partial charge on any atom is 0.340 e. The van der Waals surface area contributed by atoms with Gasteiger partial charge in [-0.2, -0.15) is 5.10 Å². The summed E-state index contributed by atoms with van der Waals surface area (Å²) in [5.74, 6) is -0.416. The molecule has 0 fully saturated rings. The fraction of sp³-hybridized carbons (Fsp3) is 0.231. The third kappa shape index (κ3) is 2.34. The molecule has 0 aliphatic heterocycles. The van der Waals surface area contributed by atoms with E-state index >= 15 is 0 Å². The lowest BCUT2D eigenvalue weighted by Gasteiger charge is -2.08. The molecule has 0 amide bonds. The van der Waals surface area contributed by atoms with Crippen molar-refractivity contribution in [2.45, 2.75) is 13.8 Å². The lowest BCUT2D eigenvalue weighted by molar-refractivity contribution is 0.0527. The molecule has 1 aromatic heterocycles. The fourth-order valence-electron chi connectivity index (χ4n) is 1.63. The van der Waals surface area contributed by atoms with Gasteiger partial charge in [0.25, 0.3) is 0 Å². The van der Waals surface area contributed by atoms with E-state index in [1.54, 1.807) is 23.7 Å². The molecule has 1 aromatic carbocycles. The number of esters is 1. The Bertz CT molecular complexity index is 575. The number of aromatic nitrogens is 2. The molecule has 94 valence electrons. The van der Waals surface area contributed by atoms with E-state index in [4.69, 9.17) is 10.5 Å². The van der Waals surface area contributed by atoms with Crippen molar-refractivity contribution in [1.29, 1.82) is 0 Å². The van der Waals surface area contributed by atoms with Crippen molar-refractivity contribution < 1.29 is 9.53 Å². The van der Waals surface area contributed by atoms with Crippen LogP contribution < -0.4 is 5.73 Å². The minimum Gasteiger partial charge on any atom is -0.462 e. The summed E-state index contributed by atoms with van der Waals surface area (Å²) in [4.78, 5) is 11.7. The summed E-state index contributed by atoms with van der Waals surface area (Å²) in [5.41, 5.74) is 8.23. The Morgan fingerprint density at radius 2 is 2.22 bits per heavy atom. The second kappa shape index (κ2) is 4.91. The number of hydrogen-bond acceptors (Lipinski definition) is 4. The van der Waals surface area contributed by atoms with Crippen molar-refractivity contribution in [3.63, 3.8) is 0 Å². The fourth-order valence-corrected chi connectivity index (χ4v) is 1.63. The molecule has 0 aliphatic carbocycles. The average Bonchev–Trinajstić information content (AvgIpc) is 2.77. The maximum atomic E-state index is 11.7. The standard InChI is InChI=1S/C13H15N3O2/c1-3-18-13(17)11-8-10(4-5-12(11)14)16-7-6-9(2)15-16/h4-8H,3,14H2,1-2H3. The van der Waals surface area contributed by atoms with Gasteiger partial charge in [-0.15, -0.1) is 0 Å². The molecule has 5 nitrogen and oxygen atoms in total. The van der Waals surface area contributed by atoms with Crippen molar-refractivity contribution in [1.82, 2.24) is 9.78 Å². The molecule has 0 aliphatic rings. The Labute approximate surface area is 105 Å².